The fraction of sp³-hybridized carbons (Fsp3) is 0.600. The molecule has 3 heterocycles. The number of urea groups is 1. The molecule has 0 saturated carbocycles. The zero-order valence-electron chi connectivity index (χ0n) is 13.0. The molecule has 2 saturated heterocycles. The molecule has 2 aliphatic rings. The molecule has 7 nitrogen and oxygen atoms in total. The number of piperazine rings is 1. The second kappa shape index (κ2) is 6.84. The van der Waals surface area contributed by atoms with Crippen LogP contribution in [0.4, 0.5) is 4.79 Å². The Bertz CT molecular complexity index is 642. The van der Waals surface area contributed by atoms with Gasteiger partial charge in [-0.05, 0) is 18.6 Å². The van der Waals surface area contributed by atoms with Crippen LogP contribution in [0.3, 0.4) is 0 Å². The highest BCUT2D eigenvalue weighted by molar-refractivity contribution is 7.91. The lowest BCUT2D eigenvalue weighted by atomic mass is 10.2. The Morgan fingerprint density at radius 3 is 2.65 bits per heavy atom. The fourth-order valence-corrected chi connectivity index (χ4v) is 4.90. The molecule has 1 aromatic rings. The number of hydrogen-bond acceptors (Lipinski definition) is 5. The highest BCUT2D eigenvalue weighted by atomic mass is 32.2. The van der Waals surface area contributed by atoms with Crippen LogP contribution in [0.2, 0.25) is 0 Å². The second-order valence-corrected chi connectivity index (χ2v) is 8.29. The molecule has 3 rings (SSSR count). The molecule has 1 N–H and O–H groups in total. The van der Waals surface area contributed by atoms with Crippen LogP contribution in [0.5, 0.6) is 0 Å². The molecule has 1 aromatic heterocycles. The minimum absolute atomic E-state index is 0.0886. The monoisotopic (exact) mass is 338 g/mol. The van der Waals surface area contributed by atoms with Gasteiger partial charge in [0.2, 0.25) is 0 Å². The summed E-state index contributed by atoms with van der Waals surface area (Å²) >= 11 is 0. The quantitative estimate of drug-likeness (QED) is 0.845. The van der Waals surface area contributed by atoms with E-state index in [1.54, 1.807) is 11.1 Å². The summed E-state index contributed by atoms with van der Waals surface area (Å²) in [4.78, 5) is 20.3. The minimum atomic E-state index is -2.86. The summed E-state index contributed by atoms with van der Waals surface area (Å²) in [5, 5.41) is 2.88. The highest BCUT2D eigenvalue weighted by Crippen LogP contribution is 2.19. The molecule has 0 aromatic carbocycles. The molecule has 1 atom stereocenters. The third-order valence-corrected chi connectivity index (χ3v) is 6.22. The molecular formula is C15H22N4O3S. The van der Waals surface area contributed by atoms with Gasteiger partial charge in [-0.3, -0.25) is 9.88 Å². The molecule has 23 heavy (non-hydrogen) atoms. The molecule has 126 valence electrons. The van der Waals surface area contributed by atoms with Crippen LogP contribution in [-0.2, 0) is 16.4 Å². The molecule has 0 aliphatic carbocycles. The number of sulfone groups is 1. The van der Waals surface area contributed by atoms with Crippen molar-refractivity contribution in [3.63, 3.8) is 0 Å². The standard InChI is InChI=1S/C15H22N4O3S/c20-15(17-11-13-3-1-2-5-16-13)19-8-6-18(7-9-19)14-4-10-23(21,22)12-14/h1-3,5,14H,4,6-12H2,(H,17,20). The summed E-state index contributed by atoms with van der Waals surface area (Å²) < 4.78 is 23.1. The first-order valence-electron chi connectivity index (χ1n) is 7.91. The van der Waals surface area contributed by atoms with Crippen LogP contribution < -0.4 is 5.32 Å². The zero-order chi connectivity index (χ0) is 16.3. The van der Waals surface area contributed by atoms with E-state index in [4.69, 9.17) is 0 Å². The van der Waals surface area contributed by atoms with E-state index in [2.05, 4.69) is 15.2 Å². The van der Waals surface area contributed by atoms with Gasteiger partial charge in [-0.15, -0.1) is 0 Å². The van der Waals surface area contributed by atoms with Crippen LogP contribution in [0.15, 0.2) is 24.4 Å². The maximum atomic E-state index is 12.2. The SMILES string of the molecule is O=C(NCc1ccccn1)N1CCN(C2CCS(=O)(=O)C2)CC1. The largest absolute Gasteiger partial charge is 0.332 e. The van der Waals surface area contributed by atoms with Gasteiger partial charge in [0.15, 0.2) is 9.84 Å². The van der Waals surface area contributed by atoms with Crippen LogP contribution in [0.1, 0.15) is 12.1 Å². The van der Waals surface area contributed by atoms with Gasteiger partial charge >= 0.3 is 6.03 Å². The third kappa shape index (κ3) is 4.20. The van der Waals surface area contributed by atoms with Crippen LogP contribution in [-0.4, -0.2) is 73.0 Å². The lowest BCUT2D eigenvalue weighted by Gasteiger charge is -2.37. The van der Waals surface area contributed by atoms with Gasteiger partial charge in [0.25, 0.3) is 0 Å². The van der Waals surface area contributed by atoms with E-state index in [0.717, 1.165) is 18.8 Å². The fourth-order valence-electron chi connectivity index (χ4n) is 3.13. The van der Waals surface area contributed by atoms with E-state index in [1.165, 1.54) is 0 Å². The number of amides is 2. The predicted octanol–water partition coefficient (Wildman–Crippen LogP) is 0.0959. The molecule has 0 bridgehead atoms. The Balaban J connectivity index is 1.44. The van der Waals surface area contributed by atoms with Crippen LogP contribution >= 0.6 is 0 Å². The highest BCUT2D eigenvalue weighted by Gasteiger charge is 2.34. The number of carbonyl (C=O) groups excluding carboxylic acids is 1. The number of rotatable bonds is 3. The number of aromatic nitrogens is 1. The lowest BCUT2D eigenvalue weighted by Crippen LogP contribution is -2.54. The normalized spacial score (nSPS) is 24.5. The van der Waals surface area contributed by atoms with Crippen LogP contribution in [0.25, 0.3) is 0 Å². The molecular weight excluding hydrogens is 316 g/mol. The minimum Gasteiger partial charge on any atom is -0.332 e. The molecule has 2 aliphatic heterocycles. The molecule has 2 fully saturated rings. The van der Waals surface area contributed by atoms with Crippen molar-refractivity contribution >= 4 is 15.9 Å². The van der Waals surface area contributed by atoms with Crippen molar-refractivity contribution in [1.82, 2.24) is 20.1 Å². The van der Waals surface area contributed by atoms with Gasteiger partial charge < -0.3 is 10.2 Å². The maximum absolute atomic E-state index is 12.2. The Hall–Kier alpha value is -1.67. The third-order valence-electron chi connectivity index (χ3n) is 4.47. The first-order valence-corrected chi connectivity index (χ1v) is 9.73. The van der Waals surface area contributed by atoms with Crippen LogP contribution in [0, 0.1) is 0 Å². The van der Waals surface area contributed by atoms with E-state index in [9.17, 15) is 13.2 Å². The van der Waals surface area contributed by atoms with E-state index in [-0.39, 0.29) is 17.8 Å². The zero-order valence-corrected chi connectivity index (χ0v) is 13.8. The number of nitrogens with one attached hydrogen (secondary N) is 1. The first kappa shape index (κ1) is 16.2. The van der Waals surface area contributed by atoms with Gasteiger partial charge in [-0.2, -0.15) is 0 Å². The van der Waals surface area contributed by atoms with Gasteiger partial charge in [0.05, 0.1) is 23.7 Å². The van der Waals surface area contributed by atoms with Gasteiger partial charge in [-0.25, -0.2) is 13.2 Å². The second-order valence-electron chi connectivity index (χ2n) is 6.06. The maximum Gasteiger partial charge on any atom is 0.317 e. The summed E-state index contributed by atoms with van der Waals surface area (Å²) in [6.07, 6.45) is 2.42. The van der Waals surface area contributed by atoms with Crippen molar-refractivity contribution < 1.29 is 13.2 Å². The van der Waals surface area contributed by atoms with Crippen molar-refractivity contribution in [2.45, 2.75) is 19.0 Å². The van der Waals surface area contributed by atoms with E-state index in [1.807, 2.05) is 18.2 Å². The number of carbonyl (C=O) groups is 1. The Morgan fingerprint density at radius 2 is 2.04 bits per heavy atom. The smallest absolute Gasteiger partial charge is 0.317 e. The first-order chi connectivity index (χ1) is 11.0. The van der Waals surface area contributed by atoms with E-state index in [0.29, 0.717) is 31.8 Å². The molecule has 1 unspecified atom stereocenters. The summed E-state index contributed by atoms with van der Waals surface area (Å²) in [6, 6.07) is 5.64. The number of hydrogen-bond donors (Lipinski definition) is 1. The molecule has 8 heteroatoms. The van der Waals surface area contributed by atoms with Crippen molar-refractivity contribution in [3.05, 3.63) is 30.1 Å². The topological polar surface area (TPSA) is 82.6 Å². The van der Waals surface area contributed by atoms with Crippen molar-refractivity contribution in [2.75, 3.05) is 37.7 Å². The van der Waals surface area contributed by atoms with E-state index >= 15 is 0 Å². The molecule has 0 radical (unpaired) electrons. The van der Waals surface area contributed by atoms with Gasteiger partial charge in [0, 0.05) is 38.4 Å². The van der Waals surface area contributed by atoms with Crippen molar-refractivity contribution in [1.29, 1.82) is 0 Å². The molecule has 2 amide bonds. The van der Waals surface area contributed by atoms with Crippen molar-refractivity contribution in [3.8, 4) is 0 Å². The Labute approximate surface area is 136 Å². The average Bonchev–Trinajstić information content (AvgIpc) is 2.94. The molecule has 0 spiro atoms. The Kier molecular flexibility index (Phi) is 4.82. The number of nitrogens with zero attached hydrogens (tertiary/aromatic N) is 3. The van der Waals surface area contributed by atoms with Gasteiger partial charge in [-0.1, -0.05) is 6.07 Å². The summed E-state index contributed by atoms with van der Waals surface area (Å²) in [5.74, 6) is 0.557. The summed E-state index contributed by atoms with van der Waals surface area (Å²) in [7, 11) is -2.86. The summed E-state index contributed by atoms with van der Waals surface area (Å²) in [6.45, 7) is 3.14. The van der Waals surface area contributed by atoms with Gasteiger partial charge in [0.1, 0.15) is 0 Å². The van der Waals surface area contributed by atoms with Crippen molar-refractivity contribution in [2.24, 2.45) is 0 Å². The predicted molar refractivity (Wildman–Crippen MR) is 86.7 cm³/mol. The lowest BCUT2D eigenvalue weighted by molar-refractivity contribution is 0.115. The van der Waals surface area contributed by atoms with E-state index < -0.39 is 9.84 Å². The number of pyridine rings is 1. The summed E-state index contributed by atoms with van der Waals surface area (Å²) in [5.41, 5.74) is 0.829. The Morgan fingerprint density at radius 1 is 1.26 bits per heavy atom. The average molecular weight is 338 g/mol.